The fourth-order valence-corrected chi connectivity index (χ4v) is 2.34. The normalized spacial score (nSPS) is 10.6. The number of hydrogen-bond acceptors (Lipinski definition) is 2. The zero-order valence-electron chi connectivity index (χ0n) is 14.3. The van der Waals surface area contributed by atoms with E-state index >= 15 is 0 Å². The third kappa shape index (κ3) is 4.15. The van der Waals surface area contributed by atoms with Crippen LogP contribution in [0.4, 0.5) is 5.69 Å². The second-order valence-corrected chi connectivity index (χ2v) is 6.44. The molecular formula is C19H21ClN2O2. The van der Waals surface area contributed by atoms with E-state index in [9.17, 15) is 9.59 Å². The number of carbonyl (C=O) groups is 2. The molecule has 2 aromatic carbocycles. The number of nitrogens with one attached hydrogen (secondary N) is 1. The Morgan fingerprint density at radius 3 is 2.42 bits per heavy atom. The highest BCUT2D eigenvalue weighted by molar-refractivity contribution is 6.34. The molecule has 0 spiro atoms. The molecule has 4 nitrogen and oxygen atoms in total. The number of benzene rings is 2. The fourth-order valence-electron chi connectivity index (χ4n) is 2.17. The number of hydrogen-bond donors (Lipinski definition) is 1. The Balaban J connectivity index is 2.26. The van der Waals surface area contributed by atoms with Gasteiger partial charge in [-0.15, -0.1) is 0 Å². The highest BCUT2D eigenvalue weighted by atomic mass is 35.5. The molecule has 2 aromatic rings. The molecule has 0 atom stereocenters. The van der Waals surface area contributed by atoms with Gasteiger partial charge in [0.05, 0.1) is 10.7 Å². The van der Waals surface area contributed by atoms with E-state index in [1.54, 1.807) is 42.3 Å². The predicted octanol–water partition coefficient (Wildman–Crippen LogP) is 4.38. The van der Waals surface area contributed by atoms with E-state index in [4.69, 9.17) is 11.6 Å². The number of anilines is 1. The van der Waals surface area contributed by atoms with Crippen molar-refractivity contribution in [3.05, 3.63) is 64.2 Å². The maximum atomic E-state index is 12.4. The molecule has 0 fully saturated rings. The second kappa shape index (κ2) is 7.49. The molecule has 0 aliphatic carbocycles. The summed E-state index contributed by atoms with van der Waals surface area (Å²) in [5, 5.41) is 3.16. The topological polar surface area (TPSA) is 49.4 Å². The average molecular weight is 345 g/mol. The van der Waals surface area contributed by atoms with Crippen molar-refractivity contribution in [3.63, 3.8) is 0 Å². The summed E-state index contributed by atoms with van der Waals surface area (Å²) in [6.45, 7) is 5.80. The number of nitrogens with zero attached hydrogens (tertiary/aromatic N) is 1. The van der Waals surface area contributed by atoms with Gasteiger partial charge in [0.2, 0.25) is 0 Å². The van der Waals surface area contributed by atoms with Crippen molar-refractivity contribution < 1.29 is 9.59 Å². The van der Waals surface area contributed by atoms with Crippen LogP contribution in [0.25, 0.3) is 0 Å². The van der Waals surface area contributed by atoms with Gasteiger partial charge in [-0.05, 0) is 51.1 Å². The predicted molar refractivity (Wildman–Crippen MR) is 97.8 cm³/mol. The molecule has 1 N–H and O–H groups in total. The van der Waals surface area contributed by atoms with Crippen LogP contribution < -0.4 is 5.32 Å². The van der Waals surface area contributed by atoms with Crippen LogP contribution in [0, 0.1) is 6.92 Å². The summed E-state index contributed by atoms with van der Waals surface area (Å²) >= 11 is 6.17. The number of amides is 2. The van der Waals surface area contributed by atoms with Gasteiger partial charge >= 0.3 is 0 Å². The summed E-state index contributed by atoms with van der Waals surface area (Å²) in [5.41, 5.74) is 2.44. The standard InChI is InChI=1S/C19H21ClN2O2/c1-12(2)22(4)19(24)15-8-9-16(20)17(11-15)21-18(23)14-7-5-6-13(3)10-14/h5-12H,1-4H3,(H,21,23). The van der Waals surface area contributed by atoms with Crippen LogP contribution in [0.3, 0.4) is 0 Å². The third-order valence-corrected chi connectivity index (χ3v) is 4.17. The number of rotatable bonds is 4. The van der Waals surface area contributed by atoms with Gasteiger partial charge in [0.15, 0.2) is 0 Å². The van der Waals surface area contributed by atoms with E-state index < -0.39 is 0 Å². The Labute approximate surface area is 147 Å². The molecule has 0 saturated carbocycles. The van der Waals surface area contributed by atoms with E-state index in [0.717, 1.165) is 5.56 Å². The van der Waals surface area contributed by atoms with E-state index in [1.165, 1.54) is 0 Å². The molecule has 0 unspecified atom stereocenters. The molecule has 0 radical (unpaired) electrons. The minimum atomic E-state index is -0.262. The van der Waals surface area contributed by atoms with E-state index in [0.29, 0.717) is 21.8 Å². The lowest BCUT2D eigenvalue weighted by Crippen LogP contribution is -2.33. The molecule has 0 aliphatic rings. The summed E-state index contributed by atoms with van der Waals surface area (Å²) in [4.78, 5) is 26.4. The largest absolute Gasteiger partial charge is 0.339 e. The van der Waals surface area contributed by atoms with Gasteiger partial charge in [0.25, 0.3) is 11.8 Å². The number of aryl methyl sites for hydroxylation is 1. The maximum Gasteiger partial charge on any atom is 0.255 e. The highest BCUT2D eigenvalue weighted by Crippen LogP contribution is 2.24. The SMILES string of the molecule is Cc1cccc(C(=O)Nc2cc(C(=O)N(C)C(C)C)ccc2Cl)c1. The molecule has 5 heteroatoms. The Morgan fingerprint density at radius 1 is 1.08 bits per heavy atom. The summed E-state index contributed by atoms with van der Waals surface area (Å²) in [5.74, 6) is -0.380. The van der Waals surface area contributed by atoms with Crippen molar-refractivity contribution in [1.82, 2.24) is 4.90 Å². The molecule has 0 aliphatic heterocycles. The summed E-state index contributed by atoms with van der Waals surface area (Å²) in [6, 6.07) is 12.2. The Morgan fingerprint density at radius 2 is 1.79 bits per heavy atom. The fraction of sp³-hybridized carbons (Fsp3) is 0.263. The van der Waals surface area contributed by atoms with Gasteiger partial charge in [-0.1, -0.05) is 29.3 Å². The van der Waals surface area contributed by atoms with E-state index in [1.807, 2.05) is 32.9 Å². The van der Waals surface area contributed by atoms with Crippen LogP contribution in [0.2, 0.25) is 5.02 Å². The monoisotopic (exact) mass is 344 g/mol. The summed E-state index contributed by atoms with van der Waals surface area (Å²) in [6.07, 6.45) is 0. The average Bonchev–Trinajstić information content (AvgIpc) is 2.55. The van der Waals surface area contributed by atoms with E-state index in [-0.39, 0.29) is 17.9 Å². The number of carbonyl (C=O) groups excluding carboxylic acids is 2. The summed E-state index contributed by atoms with van der Waals surface area (Å²) in [7, 11) is 1.74. The zero-order chi connectivity index (χ0) is 17.9. The highest BCUT2D eigenvalue weighted by Gasteiger charge is 2.17. The Hall–Kier alpha value is -2.33. The second-order valence-electron chi connectivity index (χ2n) is 6.03. The lowest BCUT2D eigenvalue weighted by atomic mass is 10.1. The molecule has 0 heterocycles. The first kappa shape index (κ1) is 18.0. The molecule has 0 saturated heterocycles. The van der Waals surface area contributed by atoms with E-state index in [2.05, 4.69) is 5.32 Å². The molecule has 2 rings (SSSR count). The zero-order valence-corrected chi connectivity index (χ0v) is 15.0. The van der Waals surface area contributed by atoms with Gasteiger partial charge in [-0.3, -0.25) is 9.59 Å². The van der Waals surface area contributed by atoms with Crippen LogP contribution in [0.15, 0.2) is 42.5 Å². The molecule has 24 heavy (non-hydrogen) atoms. The molecule has 0 bridgehead atoms. The van der Waals surface area contributed by atoms with Crippen LogP contribution in [-0.4, -0.2) is 29.8 Å². The van der Waals surface area contributed by atoms with Crippen molar-refractivity contribution in [2.24, 2.45) is 0 Å². The number of halogens is 1. The van der Waals surface area contributed by atoms with Crippen molar-refractivity contribution in [1.29, 1.82) is 0 Å². The van der Waals surface area contributed by atoms with Gasteiger partial charge in [-0.25, -0.2) is 0 Å². The minimum Gasteiger partial charge on any atom is -0.339 e. The molecule has 2 amide bonds. The van der Waals surface area contributed by atoms with Gasteiger partial charge in [-0.2, -0.15) is 0 Å². The van der Waals surface area contributed by atoms with Gasteiger partial charge < -0.3 is 10.2 Å². The Kier molecular flexibility index (Phi) is 5.62. The van der Waals surface area contributed by atoms with Crippen molar-refractivity contribution in [2.75, 3.05) is 12.4 Å². The molecular weight excluding hydrogens is 324 g/mol. The van der Waals surface area contributed by atoms with Crippen LogP contribution >= 0.6 is 11.6 Å². The van der Waals surface area contributed by atoms with Crippen molar-refractivity contribution in [2.45, 2.75) is 26.8 Å². The van der Waals surface area contributed by atoms with Crippen molar-refractivity contribution >= 4 is 29.1 Å². The molecule has 126 valence electrons. The van der Waals surface area contributed by atoms with Crippen molar-refractivity contribution in [3.8, 4) is 0 Å². The molecule has 0 aromatic heterocycles. The Bertz CT molecular complexity index is 772. The first-order chi connectivity index (χ1) is 11.3. The van der Waals surface area contributed by atoms with Gasteiger partial charge in [0, 0.05) is 24.2 Å². The maximum absolute atomic E-state index is 12.4. The van der Waals surface area contributed by atoms with Crippen LogP contribution in [0.5, 0.6) is 0 Å². The van der Waals surface area contributed by atoms with Crippen LogP contribution in [-0.2, 0) is 0 Å². The first-order valence-electron chi connectivity index (χ1n) is 7.74. The lowest BCUT2D eigenvalue weighted by molar-refractivity contribution is 0.0754. The third-order valence-electron chi connectivity index (χ3n) is 3.84. The van der Waals surface area contributed by atoms with Crippen LogP contribution in [0.1, 0.15) is 40.1 Å². The minimum absolute atomic E-state index is 0.0820. The summed E-state index contributed by atoms with van der Waals surface area (Å²) < 4.78 is 0. The first-order valence-corrected chi connectivity index (χ1v) is 8.12. The van der Waals surface area contributed by atoms with Gasteiger partial charge in [0.1, 0.15) is 0 Å². The lowest BCUT2D eigenvalue weighted by Gasteiger charge is -2.22. The smallest absolute Gasteiger partial charge is 0.255 e. The quantitative estimate of drug-likeness (QED) is 0.894.